The second-order valence-corrected chi connectivity index (χ2v) is 10.4. The van der Waals surface area contributed by atoms with Gasteiger partial charge in [0.25, 0.3) is 0 Å². The minimum atomic E-state index is -3.75. The Kier molecular flexibility index (Phi) is 5.12. The summed E-state index contributed by atoms with van der Waals surface area (Å²) in [6.45, 7) is 1.25. The lowest BCUT2D eigenvalue weighted by Gasteiger charge is -2.19. The lowest BCUT2D eigenvalue weighted by Crippen LogP contribution is -2.15. The minimum absolute atomic E-state index is 0.0881. The second-order valence-electron chi connectivity index (χ2n) is 7.53. The molecule has 148 valence electrons. The van der Waals surface area contributed by atoms with Gasteiger partial charge in [0.1, 0.15) is 5.66 Å². The van der Waals surface area contributed by atoms with Gasteiger partial charge in [-0.05, 0) is 40.1 Å². The molecular formula is C23H21ClNO3P. The molecule has 3 aromatic carbocycles. The highest BCUT2D eigenvalue weighted by Gasteiger charge is 2.36. The van der Waals surface area contributed by atoms with Crippen molar-refractivity contribution in [3.8, 4) is 0 Å². The fourth-order valence-electron chi connectivity index (χ4n) is 3.96. The molecule has 1 heterocycles. The van der Waals surface area contributed by atoms with Crippen LogP contribution in [0, 0.1) is 0 Å². The van der Waals surface area contributed by atoms with Crippen LogP contribution in [-0.4, -0.2) is 21.9 Å². The molecule has 0 aliphatic carbocycles. The average Bonchev–Trinajstić information content (AvgIpc) is 2.96. The highest BCUT2D eigenvalue weighted by atomic mass is 35.5. The lowest BCUT2D eigenvalue weighted by molar-refractivity contribution is -0.118. The van der Waals surface area contributed by atoms with Crippen LogP contribution in [0.25, 0.3) is 21.7 Å². The van der Waals surface area contributed by atoms with E-state index in [9.17, 15) is 14.3 Å². The largest absolute Gasteiger partial charge is 0.350 e. The molecule has 1 N–H and O–H groups in total. The van der Waals surface area contributed by atoms with E-state index in [1.807, 2.05) is 60.1 Å². The Morgan fingerprint density at radius 3 is 2.55 bits per heavy atom. The van der Waals surface area contributed by atoms with Crippen molar-refractivity contribution < 1.29 is 14.3 Å². The van der Waals surface area contributed by atoms with Gasteiger partial charge in [0.05, 0.1) is 0 Å². The van der Waals surface area contributed by atoms with E-state index in [1.165, 1.54) is 6.66 Å². The first-order chi connectivity index (χ1) is 13.7. The van der Waals surface area contributed by atoms with Crippen molar-refractivity contribution in [2.24, 2.45) is 7.05 Å². The predicted octanol–water partition coefficient (Wildman–Crippen LogP) is 5.74. The predicted molar refractivity (Wildman–Crippen MR) is 119 cm³/mol. The number of benzene rings is 3. The van der Waals surface area contributed by atoms with E-state index < -0.39 is 13.0 Å². The van der Waals surface area contributed by atoms with E-state index >= 15 is 0 Å². The van der Waals surface area contributed by atoms with E-state index in [0.29, 0.717) is 10.6 Å². The zero-order valence-corrected chi connectivity index (χ0v) is 17.8. The molecule has 0 aliphatic rings. The zero-order chi connectivity index (χ0) is 20.8. The molecule has 2 unspecified atom stereocenters. The van der Waals surface area contributed by atoms with Crippen molar-refractivity contribution in [2.45, 2.75) is 12.1 Å². The zero-order valence-electron chi connectivity index (χ0n) is 16.2. The fourth-order valence-corrected chi connectivity index (χ4v) is 5.48. The van der Waals surface area contributed by atoms with Crippen molar-refractivity contribution >= 4 is 46.4 Å². The highest BCUT2D eigenvalue weighted by Crippen LogP contribution is 2.54. The summed E-state index contributed by atoms with van der Waals surface area (Å²) in [6.07, 6.45) is 1.85. The Balaban J connectivity index is 1.76. The molecule has 4 rings (SSSR count). The molecule has 1 aromatic heterocycles. The normalized spacial score (nSPS) is 14.8. The maximum atomic E-state index is 13.3. The van der Waals surface area contributed by atoms with Crippen molar-refractivity contribution in [3.05, 3.63) is 83.0 Å². The summed E-state index contributed by atoms with van der Waals surface area (Å²) in [5.74, 6) is -0.277. The number of fused-ring (bicyclic) bond motifs is 2. The highest BCUT2D eigenvalue weighted by molar-refractivity contribution is 7.58. The summed E-state index contributed by atoms with van der Waals surface area (Å²) in [5, 5.41) is 3.38. The molecule has 0 aliphatic heterocycles. The number of hydrogen-bond donors (Lipinski definition) is 1. The van der Waals surface area contributed by atoms with Crippen LogP contribution in [0.4, 0.5) is 0 Å². The molecular weight excluding hydrogens is 405 g/mol. The van der Waals surface area contributed by atoms with Crippen molar-refractivity contribution in [1.82, 2.24) is 4.57 Å². The Hall–Kier alpha value is -2.39. The van der Waals surface area contributed by atoms with Gasteiger partial charge in [-0.1, -0.05) is 54.1 Å². The third-order valence-electron chi connectivity index (χ3n) is 5.25. The van der Waals surface area contributed by atoms with Crippen molar-refractivity contribution in [2.75, 3.05) is 6.66 Å². The monoisotopic (exact) mass is 425 g/mol. The van der Waals surface area contributed by atoms with Gasteiger partial charge in [-0.3, -0.25) is 9.36 Å². The Morgan fingerprint density at radius 1 is 1.10 bits per heavy atom. The molecule has 29 heavy (non-hydrogen) atoms. The number of carbonyl (C=O) groups is 1. The van der Waals surface area contributed by atoms with E-state index in [-0.39, 0.29) is 12.2 Å². The topological polar surface area (TPSA) is 59.3 Å². The SMILES string of the molecule is Cn1cc(C(C(=O)Cc2ccc3ccccc3c2)P(C)(=O)O)c2cc(Cl)ccc21. The molecule has 4 aromatic rings. The molecule has 0 radical (unpaired) electrons. The number of aromatic nitrogens is 1. The van der Waals surface area contributed by atoms with Gasteiger partial charge in [0.2, 0.25) is 7.37 Å². The smallest absolute Gasteiger partial charge is 0.212 e. The minimum Gasteiger partial charge on any atom is -0.350 e. The Labute approximate surface area is 174 Å². The van der Waals surface area contributed by atoms with Crippen molar-refractivity contribution in [1.29, 1.82) is 0 Å². The maximum Gasteiger partial charge on any atom is 0.212 e. The molecule has 6 heteroatoms. The third-order valence-corrected chi connectivity index (χ3v) is 7.01. The van der Waals surface area contributed by atoms with E-state index in [1.54, 1.807) is 18.3 Å². The molecule has 0 saturated heterocycles. The first-order valence-corrected chi connectivity index (χ1v) is 11.8. The molecule has 0 fully saturated rings. The number of hydrogen-bond acceptors (Lipinski definition) is 2. The number of rotatable bonds is 5. The summed E-state index contributed by atoms with van der Waals surface area (Å²) in [6, 6.07) is 19.1. The molecule has 0 bridgehead atoms. The molecule has 0 spiro atoms. The molecule has 0 amide bonds. The number of ketones is 1. The van der Waals surface area contributed by atoms with Gasteiger partial charge >= 0.3 is 0 Å². The number of aryl methyl sites for hydroxylation is 1. The Morgan fingerprint density at radius 2 is 1.83 bits per heavy atom. The van der Waals surface area contributed by atoms with Gasteiger partial charge < -0.3 is 9.46 Å². The standard InChI is InChI=1S/C23H21ClNO3P/c1-25-14-20(19-13-18(24)9-10-21(19)25)23(29(2,27)28)22(26)12-15-7-8-16-5-3-4-6-17(16)11-15/h3-11,13-14,23H,12H2,1-2H3,(H,27,28). The summed E-state index contributed by atoms with van der Waals surface area (Å²) in [5.41, 5.74) is 1.13. The second kappa shape index (κ2) is 7.46. The summed E-state index contributed by atoms with van der Waals surface area (Å²) in [4.78, 5) is 23.7. The first kappa shape index (κ1) is 19.9. The van der Waals surface area contributed by atoms with Crippen LogP contribution in [0.15, 0.2) is 66.9 Å². The van der Waals surface area contributed by atoms with Gasteiger partial charge in [0, 0.05) is 42.3 Å². The summed E-state index contributed by atoms with van der Waals surface area (Å²) < 4.78 is 14.6. The molecule has 0 saturated carbocycles. The fraction of sp³-hybridized carbons (Fsp3) is 0.174. The average molecular weight is 426 g/mol. The third kappa shape index (κ3) is 3.89. The van der Waals surface area contributed by atoms with Crippen LogP contribution in [0.2, 0.25) is 5.02 Å². The summed E-state index contributed by atoms with van der Waals surface area (Å²) in [7, 11) is -1.90. The van der Waals surface area contributed by atoms with E-state index in [4.69, 9.17) is 11.6 Å². The van der Waals surface area contributed by atoms with Crippen LogP contribution >= 0.6 is 19.0 Å². The first-order valence-electron chi connectivity index (χ1n) is 9.29. The van der Waals surface area contributed by atoms with Gasteiger partial charge in [-0.15, -0.1) is 0 Å². The van der Waals surface area contributed by atoms with Gasteiger partial charge in [0.15, 0.2) is 5.78 Å². The van der Waals surface area contributed by atoms with Crippen LogP contribution in [0.1, 0.15) is 16.8 Å². The van der Waals surface area contributed by atoms with E-state index in [0.717, 1.165) is 27.2 Å². The maximum absolute atomic E-state index is 13.3. The number of carbonyl (C=O) groups excluding carboxylic acids is 1. The van der Waals surface area contributed by atoms with E-state index in [2.05, 4.69) is 0 Å². The summed E-state index contributed by atoms with van der Waals surface area (Å²) >= 11 is 6.16. The quantitative estimate of drug-likeness (QED) is 0.415. The van der Waals surface area contributed by atoms with Crippen LogP contribution in [-0.2, 0) is 22.8 Å². The van der Waals surface area contributed by atoms with Crippen LogP contribution in [0.3, 0.4) is 0 Å². The Bertz CT molecular complexity index is 1290. The van der Waals surface area contributed by atoms with Gasteiger partial charge in [-0.2, -0.15) is 0 Å². The van der Waals surface area contributed by atoms with Crippen LogP contribution < -0.4 is 0 Å². The van der Waals surface area contributed by atoms with Gasteiger partial charge in [-0.25, -0.2) is 0 Å². The molecule has 4 nitrogen and oxygen atoms in total. The number of halogens is 1. The number of Topliss-reactive ketones (excluding diaryl/α,β-unsaturated/α-hetero) is 1. The lowest BCUT2D eigenvalue weighted by atomic mass is 9.99. The van der Waals surface area contributed by atoms with Crippen LogP contribution in [0.5, 0.6) is 0 Å². The van der Waals surface area contributed by atoms with Crippen molar-refractivity contribution in [3.63, 3.8) is 0 Å². The number of nitrogens with zero attached hydrogens (tertiary/aromatic N) is 1. The molecule has 2 atom stereocenters.